The molecule has 1 amide bonds. The average molecular weight is 237 g/mol. The number of likely N-dealkylation sites (N-methyl/N-ethyl adjacent to an activating group) is 1. The van der Waals surface area contributed by atoms with Crippen molar-refractivity contribution in [1.82, 2.24) is 10.2 Å². The van der Waals surface area contributed by atoms with E-state index >= 15 is 0 Å². The van der Waals surface area contributed by atoms with E-state index in [4.69, 9.17) is 4.74 Å². The monoisotopic (exact) mass is 236 g/mol. The first-order chi connectivity index (χ1) is 5.57. The molecular formula is C7H13BrN2O2. The number of hydrogen-bond acceptors (Lipinski definition) is 3. The zero-order valence-corrected chi connectivity index (χ0v) is 8.96. The summed E-state index contributed by atoms with van der Waals surface area (Å²) in [4.78, 5) is 13.0. The average Bonchev–Trinajstić information content (AvgIpc) is 2.28. The van der Waals surface area contributed by atoms with Crippen LogP contribution in [0, 0.1) is 0 Å². The highest BCUT2D eigenvalue weighted by molar-refractivity contribution is 9.10. The van der Waals surface area contributed by atoms with Crippen molar-refractivity contribution in [2.45, 2.75) is 17.1 Å². The van der Waals surface area contributed by atoms with E-state index < -0.39 is 0 Å². The zero-order valence-electron chi connectivity index (χ0n) is 7.37. The summed E-state index contributed by atoms with van der Waals surface area (Å²) in [6, 6.07) is 0.0579. The number of alkyl halides is 1. The molecule has 0 aliphatic carbocycles. The Balaban J connectivity index is 2.73. The van der Waals surface area contributed by atoms with Gasteiger partial charge in [-0.15, -0.1) is 0 Å². The molecule has 1 aliphatic heterocycles. The summed E-state index contributed by atoms with van der Waals surface area (Å²) in [5.41, 5.74) is 0. The van der Waals surface area contributed by atoms with E-state index in [0.717, 1.165) is 0 Å². The van der Waals surface area contributed by atoms with Crippen LogP contribution < -0.4 is 5.32 Å². The molecule has 0 radical (unpaired) electrons. The Morgan fingerprint density at radius 1 is 1.58 bits per heavy atom. The van der Waals surface area contributed by atoms with Gasteiger partial charge in [0.2, 0.25) is 5.91 Å². The molecule has 0 bridgehead atoms. The lowest BCUT2D eigenvalue weighted by Gasteiger charge is -2.25. The van der Waals surface area contributed by atoms with Crippen molar-refractivity contribution in [2.75, 3.05) is 21.2 Å². The van der Waals surface area contributed by atoms with Crippen LogP contribution >= 0.6 is 15.9 Å². The summed E-state index contributed by atoms with van der Waals surface area (Å²) in [5, 5.41) is 2.74. The smallest absolute Gasteiger partial charge is 0.237 e. The molecule has 4 nitrogen and oxygen atoms in total. The van der Waals surface area contributed by atoms with Gasteiger partial charge in [-0.1, -0.05) is 15.9 Å². The Kier molecular flexibility index (Phi) is 3.09. The molecule has 1 saturated heterocycles. The van der Waals surface area contributed by atoms with Crippen molar-refractivity contribution in [2.24, 2.45) is 0 Å². The van der Waals surface area contributed by atoms with Crippen molar-refractivity contribution in [3.63, 3.8) is 0 Å². The number of methoxy groups -OCH3 is 1. The fourth-order valence-electron chi connectivity index (χ4n) is 1.34. The molecule has 3 atom stereocenters. The van der Waals surface area contributed by atoms with Crippen LogP contribution in [0.4, 0.5) is 0 Å². The first-order valence-electron chi connectivity index (χ1n) is 3.71. The Morgan fingerprint density at radius 3 is 2.50 bits per heavy atom. The number of nitrogens with zero attached hydrogens (tertiary/aromatic N) is 1. The van der Waals surface area contributed by atoms with Crippen LogP contribution in [-0.2, 0) is 9.53 Å². The third-order valence-electron chi connectivity index (χ3n) is 2.00. The highest BCUT2D eigenvalue weighted by atomic mass is 79.9. The van der Waals surface area contributed by atoms with Gasteiger partial charge in [-0.3, -0.25) is 4.79 Å². The first-order valence-corrected chi connectivity index (χ1v) is 4.63. The van der Waals surface area contributed by atoms with Gasteiger partial charge in [-0.25, -0.2) is 0 Å². The van der Waals surface area contributed by atoms with Crippen LogP contribution in [0.2, 0.25) is 0 Å². The molecule has 1 aliphatic rings. The lowest BCUT2D eigenvalue weighted by Crippen LogP contribution is -2.43. The van der Waals surface area contributed by atoms with Crippen molar-refractivity contribution >= 4 is 21.8 Å². The van der Waals surface area contributed by atoms with Gasteiger partial charge in [0.05, 0.1) is 6.04 Å². The summed E-state index contributed by atoms with van der Waals surface area (Å²) in [5.74, 6) is -0.0134. The van der Waals surface area contributed by atoms with Crippen LogP contribution in [-0.4, -0.2) is 49.1 Å². The van der Waals surface area contributed by atoms with E-state index in [2.05, 4.69) is 21.2 Å². The molecule has 12 heavy (non-hydrogen) atoms. The number of halogens is 1. The topological polar surface area (TPSA) is 41.6 Å². The molecule has 0 saturated carbocycles. The van der Waals surface area contributed by atoms with E-state index in [9.17, 15) is 4.79 Å². The zero-order chi connectivity index (χ0) is 9.30. The van der Waals surface area contributed by atoms with E-state index in [1.165, 1.54) is 0 Å². The highest BCUT2D eigenvalue weighted by Crippen LogP contribution is 2.20. The largest absolute Gasteiger partial charge is 0.360 e. The minimum absolute atomic E-state index is 0.0134. The Morgan fingerprint density at radius 2 is 2.17 bits per heavy atom. The lowest BCUT2D eigenvalue weighted by atomic mass is 10.2. The predicted molar refractivity (Wildman–Crippen MR) is 49.1 cm³/mol. The minimum atomic E-state index is -0.211. The van der Waals surface area contributed by atoms with Crippen molar-refractivity contribution in [3.8, 4) is 0 Å². The second kappa shape index (κ2) is 3.72. The van der Waals surface area contributed by atoms with Gasteiger partial charge in [0.25, 0.3) is 0 Å². The first kappa shape index (κ1) is 9.95. The Labute approximate surface area is 80.4 Å². The Bertz CT molecular complexity index is 186. The van der Waals surface area contributed by atoms with E-state index in [-0.39, 0.29) is 23.0 Å². The third-order valence-corrected chi connectivity index (χ3v) is 2.95. The SMILES string of the molecule is CO[C@H]1NC(=O)[C@H](Br)[C@@H]1N(C)C. The summed E-state index contributed by atoms with van der Waals surface area (Å²) in [7, 11) is 5.43. The summed E-state index contributed by atoms with van der Waals surface area (Å²) in [6.07, 6.45) is -0.211. The van der Waals surface area contributed by atoms with Crippen molar-refractivity contribution in [1.29, 1.82) is 0 Å². The molecule has 1 rings (SSSR count). The van der Waals surface area contributed by atoms with Crippen LogP contribution in [0.25, 0.3) is 0 Å². The maximum atomic E-state index is 11.2. The summed E-state index contributed by atoms with van der Waals surface area (Å²) < 4.78 is 5.12. The number of carbonyl (C=O) groups excluding carboxylic acids is 1. The van der Waals surface area contributed by atoms with Gasteiger partial charge in [-0.2, -0.15) is 0 Å². The molecule has 0 spiro atoms. The predicted octanol–water partition coefficient (Wildman–Crippen LogP) is -0.218. The van der Waals surface area contributed by atoms with E-state index in [0.29, 0.717) is 0 Å². The number of ether oxygens (including phenoxy) is 1. The molecule has 0 aromatic carbocycles. The van der Waals surface area contributed by atoms with Crippen molar-refractivity contribution in [3.05, 3.63) is 0 Å². The number of hydrogen-bond donors (Lipinski definition) is 1. The summed E-state index contributed by atoms with van der Waals surface area (Å²) >= 11 is 3.32. The molecule has 1 heterocycles. The number of carbonyl (C=O) groups is 1. The number of amides is 1. The van der Waals surface area contributed by atoms with Crippen LogP contribution in [0.1, 0.15) is 0 Å². The Hall–Kier alpha value is -0.130. The second-order valence-corrected chi connectivity index (χ2v) is 4.01. The van der Waals surface area contributed by atoms with E-state index in [1.807, 2.05) is 19.0 Å². The second-order valence-electron chi connectivity index (χ2n) is 3.02. The molecule has 5 heteroatoms. The number of nitrogens with one attached hydrogen (secondary N) is 1. The standard InChI is InChI=1S/C7H13BrN2O2/c1-10(2)5-4(8)6(11)9-7(5)12-3/h4-5,7H,1-3H3,(H,9,11)/t4-,5+,7-/m1/s1. The fourth-order valence-corrected chi connectivity index (χ4v) is 2.23. The molecular weight excluding hydrogens is 224 g/mol. The van der Waals surface area contributed by atoms with Gasteiger partial charge in [0.15, 0.2) is 0 Å². The van der Waals surface area contributed by atoms with Gasteiger partial charge in [0.1, 0.15) is 11.1 Å². The number of rotatable bonds is 2. The molecule has 1 N–H and O–H groups in total. The normalized spacial score (nSPS) is 35.8. The molecule has 70 valence electrons. The molecule has 0 aromatic rings. The third kappa shape index (κ3) is 1.62. The lowest BCUT2D eigenvalue weighted by molar-refractivity contribution is -0.120. The van der Waals surface area contributed by atoms with Gasteiger partial charge in [0, 0.05) is 7.11 Å². The quantitative estimate of drug-likeness (QED) is 0.675. The van der Waals surface area contributed by atoms with E-state index in [1.54, 1.807) is 7.11 Å². The highest BCUT2D eigenvalue weighted by Gasteiger charge is 2.42. The minimum Gasteiger partial charge on any atom is -0.360 e. The maximum absolute atomic E-state index is 11.2. The van der Waals surface area contributed by atoms with Gasteiger partial charge >= 0.3 is 0 Å². The van der Waals surface area contributed by atoms with Crippen molar-refractivity contribution < 1.29 is 9.53 Å². The fraction of sp³-hybridized carbons (Fsp3) is 0.857. The van der Waals surface area contributed by atoms with Crippen LogP contribution in [0.5, 0.6) is 0 Å². The van der Waals surface area contributed by atoms with Gasteiger partial charge in [-0.05, 0) is 14.1 Å². The molecule has 0 aromatic heterocycles. The van der Waals surface area contributed by atoms with Crippen LogP contribution in [0.3, 0.4) is 0 Å². The van der Waals surface area contributed by atoms with Crippen LogP contribution in [0.15, 0.2) is 0 Å². The molecule has 0 unspecified atom stereocenters. The maximum Gasteiger partial charge on any atom is 0.237 e. The summed E-state index contributed by atoms with van der Waals surface area (Å²) in [6.45, 7) is 0. The molecule has 1 fully saturated rings. The van der Waals surface area contributed by atoms with Gasteiger partial charge < -0.3 is 15.0 Å².